The Hall–Kier alpha value is -1.32. The van der Waals surface area contributed by atoms with Crippen LogP contribution >= 0.6 is 0 Å². The molecule has 0 spiro atoms. The Morgan fingerprint density at radius 1 is 1.18 bits per heavy atom. The summed E-state index contributed by atoms with van der Waals surface area (Å²) in [5.41, 5.74) is 2.09. The van der Waals surface area contributed by atoms with E-state index in [1.807, 2.05) is 31.2 Å². The van der Waals surface area contributed by atoms with Crippen LogP contribution in [0.2, 0.25) is 0 Å². The Bertz CT molecular complexity index is 425. The highest BCUT2D eigenvalue weighted by atomic mass is 16.5. The molecule has 2 atom stereocenters. The molecule has 1 aromatic carbocycles. The zero-order chi connectivity index (χ0) is 16.4. The van der Waals surface area contributed by atoms with E-state index >= 15 is 0 Å². The second kappa shape index (κ2) is 10.4. The molecule has 0 heterocycles. The van der Waals surface area contributed by atoms with Gasteiger partial charge in [0.25, 0.3) is 0 Å². The van der Waals surface area contributed by atoms with Crippen molar-refractivity contribution in [3.63, 3.8) is 0 Å². The second-order valence-electron chi connectivity index (χ2n) is 5.90. The number of hydrogen-bond acceptors (Lipinski definition) is 3. The normalized spacial score (nSPS) is 13.6. The van der Waals surface area contributed by atoms with Crippen molar-refractivity contribution in [1.82, 2.24) is 0 Å². The van der Waals surface area contributed by atoms with Crippen LogP contribution < -0.4 is 4.74 Å². The summed E-state index contributed by atoms with van der Waals surface area (Å²) < 4.78 is 10.8. The predicted octanol–water partition coefficient (Wildman–Crippen LogP) is 4.35. The zero-order valence-electron chi connectivity index (χ0n) is 14.2. The number of methoxy groups -OCH3 is 1. The molecule has 0 saturated heterocycles. The molecule has 0 saturated carbocycles. The third-order valence-corrected chi connectivity index (χ3v) is 4.04. The molecule has 0 amide bonds. The maximum Gasteiger partial charge on any atom is 0.118 e. The molecule has 0 aliphatic carbocycles. The van der Waals surface area contributed by atoms with Crippen LogP contribution in [0.3, 0.4) is 0 Å². The minimum absolute atomic E-state index is 0.354. The highest BCUT2D eigenvalue weighted by molar-refractivity contribution is 5.26. The van der Waals surface area contributed by atoms with Crippen molar-refractivity contribution in [3.8, 4) is 5.75 Å². The number of aliphatic hydroxyl groups excluding tert-OH is 1. The van der Waals surface area contributed by atoms with Crippen LogP contribution in [-0.4, -0.2) is 24.9 Å². The summed E-state index contributed by atoms with van der Waals surface area (Å²) in [6.45, 7) is 9.50. The molecule has 1 unspecified atom stereocenters. The van der Waals surface area contributed by atoms with E-state index in [0.717, 1.165) is 49.2 Å². The molecule has 3 nitrogen and oxygen atoms in total. The monoisotopic (exact) mass is 306 g/mol. The molecular weight excluding hydrogens is 276 g/mol. The van der Waals surface area contributed by atoms with Crippen LogP contribution in [0.15, 0.2) is 36.4 Å². The van der Waals surface area contributed by atoms with Gasteiger partial charge in [0.15, 0.2) is 0 Å². The number of ether oxygens (including phenoxy) is 2. The Balaban J connectivity index is 2.14. The van der Waals surface area contributed by atoms with Crippen LogP contribution in [0.5, 0.6) is 5.75 Å². The van der Waals surface area contributed by atoms with E-state index in [1.54, 1.807) is 7.11 Å². The lowest BCUT2D eigenvalue weighted by Crippen LogP contribution is -2.11. The molecule has 0 bridgehead atoms. The maximum absolute atomic E-state index is 9.89. The fourth-order valence-corrected chi connectivity index (χ4v) is 2.22. The summed E-state index contributed by atoms with van der Waals surface area (Å²) in [6, 6.07) is 7.94. The summed E-state index contributed by atoms with van der Waals surface area (Å²) in [4.78, 5) is 0. The molecule has 1 N–H and O–H groups in total. The molecule has 1 aromatic rings. The topological polar surface area (TPSA) is 38.7 Å². The van der Waals surface area contributed by atoms with E-state index in [1.165, 1.54) is 0 Å². The molecule has 0 fully saturated rings. The van der Waals surface area contributed by atoms with E-state index in [9.17, 15) is 5.11 Å². The van der Waals surface area contributed by atoms with Crippen molar-refractivity contribution >= 4 is 0 Å². The highest BCUT2D eigenvalue weighted by Crippen LogP contribution is 2.17. The van der Waals surface area contributed by atoms with Gasteiger partial charge in [-0.05, 0) is 54.9 Å². The summed E-state index contributed by atoms with van der Waals surface area (Å²) in [5, 5.41) is 9.89. The molecule has 0 aliphatic heterocycles. The number of hydrogen-bond donors (Lipinski definition) is 1. The Labute approximate surface area is 135 Å². The first-order chi connectivity index (χ1) is 10.6. The van der Waals surface area contributed by atoms with Gasteiger partial charge in [-0.2, -0.15) is 0 Å². The summed E-state index contributed by atoms with van der Waals surface area (Å²) in [5.74, 6) is 1.42. The molecule has 0 radical (unpaired) electrons. The second-order valence-corrected chi connectivity index (χ2v) is 5.90. The molecule has 22 heavy (non-hydrogen) atoms. The molecule has 1 rings (SSSR count). The van der Waals surface area contributed by atoms with E-state index in [0.29, 0.717) is 12.5 Å². The third-order valence-electron chi connectivity index (χ3n) is 4.04. The van der Waals surface area contributed by atoms with Gasteiger partial charge in [0.2, 0.25) is 0 Å². The van der Waals surface area contributed by atoms with Gasteiger partial charge < -0.3 is 14.6 Å². The average molecular weight is 306 g/mol. The lowest BCUT2D eigenvalue weighted by molar-refractivity contribution is 0.105. The van der Waals surface area contributed by atoms with Crippen molar-refractivity contribution < 1.29 is 14.6 Å². The SMILES string of the molecule is C=C(CC)C(O)CC[C@H](C)CCOCc1ccc(OC)cc1. The fourth-order valence-electron chi connectivity index (χ4n) is 2.22. The van der Waals surface area contributed by atoms with Crippen LogP contribution in [0.4, 0.5) is 0 Å². The number of rotatable bonds is 11. The molecule has 3 heteroatoms. The number of aliphatic hydroxyl groups is 1. The van der Waals surface area contributed by atoms with Gasteiger partial charge in [0, 0.05) is 6.61 Å². The van der Waals surface area contributed by atoms with E-state index in [2.05, 4.69) is 13.5 Å². The van der Waals surface area contributed by atoms with Crippen LogP contribution in [0.1, 0.15) is 45.1 Å². The lowest BCUT2D eigenvalue weighted by atomic mass is 9.96. The quantitative estimate of drug-likeness (QED) is 0.488. The van der Waals surface area contributed by atoms with Crippen molar-refractivity contribution in [3.05, 3.63) is 42.0 Å². The van der Waals surface area contributed by atoms with Gasteiger partial charge in [-0.25, -0.2) is 0 Å². The lowest BCUT2D eigenvalue weighted by Gasteiger charge is -2.16. The largest absolute Gasteiger partial charge is 0.497 e. The van der Waals surface area contributed by atoms with Gasteiger partial charge in [-0.15, -0.1) is 0 Å². The van der Waals surface area contributed by atoms with Crippen molar-refractivity contribution in [2.45, 2.75) is 52.2 Å². The molecule has 0 aromatic heterocycles. The van der Waals surface area contributed by atoms with Gasteiger partial charge in [0.05, 0.1) is 19.8 Å². The van der Waals surface area contributed by atoms with Crippen LogP contribution in [0, 0.1) is 5.92 Å². The minimum Gasteiger partial charge on any atom is -0.497 e. The summed E-state index contributed by atoms with van der Waals surface area (Å²) in [7, 11) is 1.67. The Morgan fingerprint density at radius 3 is 2.45 bits per heavy atom. The van der Waals surface area contributed by atoms with Crippen LogP contribution in [-0.2, 0) is 11.3 Å². The van der Waals surface area contributed by atoms with Crippen molar-refractivity contribution in [1.29, 1.82) is 0 Å². The Kier molecular flexibility index (Phi) is 8.86. The van der Waals surface area contributed by atoms with Crippen LogP contribution in [0.25, 0.3) is 0 Å². The first-order valence-corrected chi connectivity index (χ1v) is 8.13. The van der Waals surface area contributed by atoms with Gasteiger partial charge in [-0.1, -0.05) is 32.6 Å². The summed E-state index contributed by atoms with van der Waals surface area (Å²) >= 11 is 0. The van der Waals surface area contributed by atoms with Gasteiger partial charge >= 0.3 is 0 Å². The van der Waals surface area contributed by atoms with E-state index in [-0.39, 0.29) is 6.10 Å². The average Bonchev–Trinajstić information content (AvgIpc) is 2.56. The number of benzene rings is 1. The smallest absolute Gasteiger partial charge is 0.118 e. The standard InChI is InChI=1S/C19H30O3/c1-5-16(3)19(20)11-6-15(2)12-13-22-14-17-7-9-18(21-4)10-8-17/h7-10,15,19-20H,3,5-6,11-14H2,1-2,4H3/t15-,19?/m0/s1. The first-order valence-electron chi connectivity index (χ1n) is 8.13. The first kappa shape index (κ1) is 18.7. The maximum atomic E-state index is 9.89. The third kappa shape index (κ3) is 7.10. The summed E-state index contributed by atoms with van der Waals surface area (Å²) in [6.07, 6.45) is 3.31. The highest BCUT2D eigenvalue weighted by Gasteiger charge is 2.10. The van der Waals surface area contributed by atoms with Crippen molar-refractivity contribution in [2.75, 3.05) is 13.7 Å². The van der Waals surface area contributed by atoms with Gasteiger partial charge in [0.1, 0.15) is 5.75 Å². The Morgan fingerprint density at radius 2 is 1.86 bits per heavy atom. The van der Waals surface area contributed by atoms with Crippen molar-refractivity contribution in [2.24, 2.45) is 5.92 Å². The minimum atomic E-state index is -0.354. The van der Waals surface area contributed by atoms with E-state index < -0.39 is 0 Å². The van der Waals surface area contributed by atoms with Gasteiger partial charge in [-0.3, -0.25) is 0 Å². The fraction of sp³-hybridized carbons (Fsp3) is 0.579. The molecule has 0 aliphatic rings. The zero-order valence-corrected chi connectivity index (χ0v) is 14.2. The van der Waals surface area contributed by atoms with E-state index in [4.69, 9.17) is 9.47 Å². The predicted molar refractivity (Wildman–Crippen MR) is 91.1 cm³/mol. The molecule has 124 valence electrons. The molecular formula is C19H30O3.